The van der Waals surface area contributed by atoms with Crippen molar-refractivity contribution in [3.05, 3.63) is 45.0 Å². The fraction of sp³-hybridized carbons (Fsp3) is 0.200. The highest BCUT2D eigenvalue weighted by Gasteiger charge is 2.11. The van der Waals surface area contributed by atoms with Crippen LogP contribution in [0, 0.1) is 6.92 Å². The molecule has 0 unspecified atom stereocenters. The van der Waals surface area contributed by atoms with Gasteiger partial charge in [0.2, 0.25) is 5.28 Å². The largest absolute Gasteiger partial charge is 0.339 e. The van der Waals surface area contributed by atoms with Crippen LogP contribution in [0.5, 0.6) is 0 Å². The minimum Gasteiger partial charge on any atom is -0.339 e. The first-order valence-corrected chi connectivity index (χ1v) is 8.13. The molecule has 3 aromatic rings. The van der Waals surface area contributed by atoms with Gasteiger partial charge in [-0.1, -0.05) is 18.5 Å². The molecule has 0 saturated heterocycles. The van der Waals surface area contributed by atoms with Crippen LogP contribution < -0.4 is 5.32 Å². The van der Waals surface area contributed by atoms with E-state index in [0.717, 1.165) is 33.7 Å². The fourth-order valence-corrected chi connectivity index (χ4v) is 3.52. The molecule has 0 radical (unpaired) electrons. The number of rotatable bonds is 3. The molecule has 1 N–H and O–H groups in total. The predicted molar refractivity (Wildman–Crippen MR) is 91.3 cm³/mol. The summed E-state index contributed by atoms with van der Waals surface area (Å²) in [7, 11) is 0. The average Bonchev–Trinajstić information content (AvgIpc) is 2.85. The molecule has 2 heterocycles. The summed E-state index contributed by atoms with van der Waals surface area (Å²) in [6.45, 7) is 4.12. The van der Waals surface area contributed by atoms with Gasteiger partial charge < -0.3 is 5.32 Å². The Morgan fingerprint density at radius 3 is 2.71 bits per heavy atom. The molecule has 0 aliphatic heterocycles. The van der Waals surface area contributed by atoms with Crippen LogP contribution in [-0.4, -0.2) is 9.97 Å². The van der Waals surface area contributed by atoms with E-state index in [9.17, 15) is 0 Å². The standard InChI is InChI=1S/C15H13Cl2N3S/c1-3-10-7-11-13(19-15(17)20-14(11)21-10)18-12-5-4-9(16)6-8(12)2/h4-7H,3H2,1-2H3,(H,18,19,20). The first kappa shape index (κ1) is 14.6. The summed E-state index contributed by atoms with van der Waals surface area (Å²) >= 11 is 13.7. The molecule has 0 aliphatic carbocycles. The Hall–Kier alpha value is -1.36. The Balaban J connectivity index is 2.08. The van der Waals surface area contributed by atoms with Crippen molar-refractivity contribution in [2.45, 2.75) is 20.3 Å². The number of halogens is 2. The molecule has 6 heteroatoms. The highest BCUT2D eigenvalue weighted by molar-refractivity contribution is 7.18. The van der Waals surface area contributed by atoms with Crippen LogP contribution in [0.4, 0.5) is 11.5 Å². The third-order valence-electron chi connectivity index (χ3n) is 3.21. The molecular formula is C15H13Cl2N3S. The van der Waals surface area contributed by atoms with E-state index in [-0.39, 0.29) is 5.28 Å². The fourth-order valence-electron chi connectivity index (χ4n) is 2.11. The Kier molecular flexibility index (Phi) is 4.02. The molecule has 1 aromatic carbocycles. The highest BCUT2D eigenvalue weighted by atomic mass is 35.5. The number of fused-ring (bicyclic) bond motifs is 1. The van der Waals surface area contributed by atoms with E-state index in [1.807, 2.05) is 25.1 Å². The molecule has 0 saturated carbocycles. The minimum absolute atomic E-state index is 0.251. The molecule has 0 fully saturated rings. The molecule has 21 heavy (non-hydrogen) atoms. The molecule has 0 atom stereocenters. The van der Waals surface area contributed by atoms with Crippen LogP contribution in [0.3, 0.4) is 0 Å². The van der Waals surface area contributed by atoms with E-state index < -0.39 is 0 Å². The monoisotopic (exact) mass is 337 g/mol. The zero-order chi connectivity index (χ0) is 15.0. The molecule has 3 rings (SSSR count). The van der Waals surface area contributed by atoms with Crippen LogP contribution in [0.15, 0.2) is 24.3 Å². The topological polar surface area (TPSA) is 37.8 Å². The van der Waals surface area contributed by atoms with Gasteiger partial charge in [-0.3, -0.25) is 0 Å². The Morgan fingerprint density at radius 2 is 2.00 bits per heavy atom. The molecule has 0 aliphatic rings. The SMILES string of the molecule is CCc1cc2c(Nc3ccc(Cl)cc3C)nc(Cl)nc2s1. The van der Waals surface area contributed by atoms with Gasteiger partial charge in [-0.2, -0.15) is 4.98 Å². The molecule has 0 spiro atoms. The number of aromatic nitrogens is 2. The Labute approximate surface area is 137 Å². The van der Waals surface area contributed by atoms with Crippen LogP contribution in [0.25, 0.3) is 10.2 Å². The third kappa shape index (κ3) is 2.98. The zero-order valence-electron chi connectivity index (χ0n) is 11.6. The lowest BCUT2D eigenvalue weighted by Gasteiger charge is -2.10. The van der Waals surface area contributed by atoms with E-state index in [2.05, 4.69) is 28.3 Å². The van der Waals surface area contributed by atoms with E-state index in [1.54, 1.807) is 11.3 Å². The van der Waals surface area contributed by atoms with Gasteiger partial charge in [-0.05, 0) is 54.8 Å². The lowest BCUT2D eigenvalue weighted by molar-refractivity contribution is 1.19. The van der Waals surface area contributed by atoms with E-state index >= 15 is 0 Å². The summed E-state index contributed by atoms with van der Waals surface area (Å²) < 4.78 is 0. The second-order valence-corrected chi connectivity index (χ2v) is 6.60. The first-order chi connectivity index (χ1) is 10.1. The summed E-state index contributed by atoms with van der Waals surface area (Å²) in [4.78, 5) is 10.8. The maximum atomic E-state index is 6.03. The number of anilines is 2. The lowest BCUT2D eigenvalue weighted by Crippen LogP contribution is -1.97. The van der Waals surface area contributed by atoms with Gasteiger partial charge in [0.1, 0.15) is 10.6 Å². The predicted octanol–water partition coefficient (Wildman–Crippen LogP) is 5.61. The van der Waals surface area contributed by atoms with Gasteiger partial charge >= 0.3 is 0 Å². The Bertz CT molecular complexity index is 814. The van der Waals surface area contributed by atoms with Gasteiger partial charge in [0, 0.05) is 15.6 Å². The quantitative estimate of drug-likeness (QED) is 0.631. The maximum Gasteiger partial charge on any atom is 0.225 e. The number of nitrogens with one attached hydrogen (secondary N) is 1. The minimum atomic E-state index is 0.251. The van der Waals surface area contributed by atoms with Crippen molar-refractivity contribution < 1.29 is 0 Å². The second-order valence-electron chi connectivity index (χ2n) is 4.71. The average molecular weight is 338 g/mol. The number of thiophene rings is 1. The Morgan fingerprint density at radius 1 is 1.19 bits per heavy atom. The van der Waals surface area contributed by atoms with Crippen molar-refractivity contribution in [1.82, 2.24) is 9.97 Å². The summed E-state index contributed by atoms with van der Waals surface area (Å²) in [5, 5.41) is 5.30. The molecule has 108 valence electrons. The lowest BCUT2D eigenvalue weighted by atomic mass is 10.2. The third-order valence-corrected chi connectivity index (χ3v) is 4.78. The van der Waals surface area contributed by atoms with E-state index in [4.69, 9.17) is 23.2 Å². The van der Waals surface area contributed by atoms with Crippen molar-refractivity contribution in [2.75, 3.05) is 5.32 Å². The highest BCUT2D eigenvalue weighted by Crippen LogP contribution is 2.32. The van der Waals surface area contributed by atoms with Crippen molar-refractivity contribution in [1.29, 1.82) is 0 Å². The van der Waals surface area contributed by atoms with E-state index in [1.165, 1.54) is 4.88 Å². The van der Waals surface area contributed by atoms with Crippen LogP contribution >= 0.6 is 34.5 Å². The number of hydrogen-bond acceptors (Lipinski definition) is 4. The van der Waals surface area contributed by atoms with Gasteiger partial charge in [-0.15, -0.1) is 11.3 Å². The summed E-state index contributed by atoms with van der Waals surface area (Å²) in [6, 6.07) is 7.81. The van der Waals surface area contributed by atoms with Crippen molar-refractivity contribution in [3.63, 3.8) is 0 Å². The number of hydrogen-bond donors (Lipinski definition) is 1. The summed E-state index contributed by atoms with van der Waals surface area (Å²) in [5.41, 5.74) is 2.01. The normalized spacial score (nSPS) is 11.0. The van der Waals surface area contributed by atoms with Crippen LogP contribution in [-0.2, 0) is 6.42 Å². The van der Waals surface area contributed by atoms with E-state index in [0.29, 0.717) is 5.02 Å². The first-order valence-electron chi connectivity index (χ1n) is 6.56. The second kappa shape index (κ2) is 5.79. The molecule has 2 aromatic heterocycles. The van der Waals surface area contributed by atoms with Crippen molar-refractivity contribution >= 4 is 56.3 Å². The van der Waals surface area contributed by atoms with Crippen LogP contribution in [0.1, 0.15) is 17.4 Å². The number of nitrogens with zero attached hydrogens (tertiary/aromatic N) is 2. The number of benzene rings is 1. The van der Waals surface area contributed by atoms with Crippen molar-refractivity contribution in [2.24, 2.45) is 0 Å². The van der Waals surface area contributed by atoms with Crippen molar-refractivity contribution in [3.8, 4) is 0 Å². The molecular weight excluding hydrogens is 325 g/mol. The molecule has 0 amide bonds. The van der Waals surface area contributed by atoms with Gasteiger partial charge in [0.05, 0.1) is 5.39 Å². The van der Waals surface area contributed by atoms with Gasteiger partial charge in [0.25, 0.3) is 0 Å². The smallest absolute Gasteiger partial charge is 0.225 e. The van der Waals surface area contributed by atoms with Gasteiger partial charge in [-0.25, -0.2) is 4.98 Å². The summed E-state index contributed by atoms with van der Waals surface area (Å²) in [6.07, 6.45) is 0.970. The van der Waals surface area contributed by atoms with Gasteiger partial charge in [0.15, 0.2) is 0 Å². The van der Waals surface area contributed by atoms with Crippen LogP contribution in [0.2, 0.25) is 10.3 Å². The molecule has 0 bridgehead atoms. The maximum absolute atomic E-state index is 6.03. The number of aryl methyl sites for hydroxylation is 2. The zero-order valence-corrected chi connectivity index (χ0v) is 13.9. The molecule has 3 nitrogen and oxygen atoms in total. The summed E-state index contributed by atoms with van der Waals surface area (Å²) in [5.74, 6) is 0.728.